The quantitative estimate of drug-likeness (QED) is 0.160. The number of nitro groups is 1. The monoisotopic (exact) mass is 586 g/mol. The fourth-order valence-corrected chi connectivity index (χ4v) is 5.04. The lowest BCUT2D eigenvalue weighted by Gasteiger charge is -2.35. The second-order valence-corrected chi connectivity index (χ2v) is 10.2. The van der Waals surface area contributed by atoms with Gasteiger partial charge in [-0.25, -0.2) is 14.4 Å². The molecule has 0 aliphatic carbocycles. The van der Waals surface area contributed by atoms with Crippen molar-refractivity contribution in [2.45, 2.75) is 31.8 Å². The van der Waals surface area contributed by atoms with Gasteiger partial charge < -0.3 is 19.7 Å². The molecule has 1 aromatic heterocycles. The molecular formula is C27H28ClFN6O6. The maximum Gasteiger partial charge on any atom is 0.311 e. The Morgan fingerprint density at radius 2 is 2.00 bits per heavy atom. The molecule has 1 N–H and O–H groups in total. The molecule has 1 unspecified atom stereocenters. The first-order valence-electron chi connectivity index (χ1n) is 13.3. The van der Waals surface area contributed by atoms with Crippen molar-refractivity contribution in [3.8, 4) is 5.75 Å². The number of aromatic nitrogens is 2. The highest BCUT2D eigenvalue weighted by atomic mass is 35.5. The van der Waals surface area contributed by atoms with Crippen LogP contribution in [0.3, 0.4) is 0 Å². The van der Waals surface area contributed by atoms with Gasteiger partial charge >= 0.3 is 11.7 Å². The van der Waals surface area contributed by atoms with Gasteiger partial charge in [-0.05, 0) is 37.6 Å². The summed E-state index contributed by atoms with van der Waals surface area (Å²) in [4.78, 5) is 47.5. The van der Waals surface area contributed by atoms with Crippen LogP contribution in [-0.4, -0.2) is 82.0 Å². The topological polar surface area (TPSA) is 140 Å². The summed E-state index contributed by atoms with van der Waals surface area (Å²) in [5.74, 6) is -0.587. The van der Waals surface area contributed by atoms with Crippen molar-refractivity contribution in [1.82, 2.24) is 19.8 Å². The minimum atomic E-state index is -0.645. The van der Waals surface area contributed by atoms with E-state index in [2.05, 4.69) is 20.2 Å². The highest BCUT2D eigenvalue weighted by Gasteiger charge is 2.34. The van der Waals surface area contributed by atoms with Crippen LogP contribution in [0.2, 0.25) is 5.02 Å². The number of esters is 1. The maximum absolute atomic E-state index is 13.5. The Bertz CT molecular complexity index is 1470. The number of nitro benzene ring substituents is 1. The number of hydrogen-bond acceptors (Lipinski definition) is 10. The van der Waals surface area contributed by atoms with Crippen molar-refractivity contribution >= 4 is 51.6 Å². The Kier molecular flexibility index (Phi) is 8.74. The molecule has 0 bridgehead atoms. The predicted molar refractivity (Wildman–Crippen MR) is 148 cm³/mol. The molecule has 0 spiro atoms. The summed E-state index contributed by atoms with van der Waals surface area (Å²) in [6, 6.07) is 6.95. The number of ether oxygens (including phenoxy) is 2. The molecule has 2 aromatic carbocycles. The van der Waals surface area contributed by atoms with E-state index >= 15 is 0 Å². The van der Waals surface area contributed by atoms with Gasteiger partial charge in [0.1, 0.15) is 18.0 Å². The van der Waals surface area contributed by atoms with Gasteiger partial charge in [0.05, 0.1) is 27.5 Å². The number of cyclic esters (lactones) is 1. The summed E-state index contributed by atoms with van der Waals surface area (Å²) in [6.07, 6.45) is 2.90. The van der Waals surface area contributed by atoms with E-state index in [1.54, 1.807) is 4.90 Å². The lowest BCUT2D eigenvalue weighted by atomic mass is 10.2. The normalized spacial score (nSPS) is 17.5. The molecule has 0 radical (unpaired) electrons. The van der Waals surface area contributed by atoms with Gasteiger partial charge in [-0.3, -0.25) is 24.6 Å². The van der Waals surface area contributed by atoms with Crippen molar-refractivity contribution in [2.75, 3.05) is 44.6 Å². The second-order valence-electron chi connectivity index (χ2n) is 9.81. The van der Waals surface area contributed by atoms with Crippen molar-refractivity contribution in [3.63, 3.8) is 0 Å². The number of piperazine rings is 1. The third-order valence-corrected chi connectivity index (χ3v) is 7.35. The summed E-state index contributed by atoms with van der Waals surface area (Å²) in [5.41, 5.74) is 0.684. The van der Waals surface area contributed by atoms with E-state index < -0.39 is 16.8 Å². The lowest BCUT2D eigenvalue weighted by Crippen LogP contribution is -2.51. The highest BCUT2D eigenvalue weighted by Crippen LogP contribution is 2.35. The van der Waals surface area contributed by atoms with Crippen LogP contribution in [0, 0.1) is 15.9 Å². The van der Waals surface area contributed by atoms with E-state index in [1.165, 1.54) is 36.7 Å². The van der Waals surface area contributed by atoms with Gasteiger partial charge in [0.15, 0.2) is 11.9 Å². The van der Waals surface area contributed by atoms with Gasteiger partial charge in [0.2, 0.25) is 0 Å². The Balaban J connectivity index is 1.13. The number of fused-ring (bicyclic) bond motifs is 1. The zero-order valence-electron chi connectivity index (χ0n) is 22.1. The van der Waals surface area contributed by atoms with Gasteiger partial charge in [-0.15, -0.1) is 0 Å². The van der Waals surface area contributed by atoms with E-state index in [0.717, 1.165) is 26.1 Å². The Morgan fingerprint density at radius 1 is 1.20 bits per heavy atom. The fourth-order valence-electron chi connectivity index (χ4n) is 4.86. The zero-order valence-corrected chi connectivity index (χ0v) is 22.8. The molecule has 41 heavy (non-hydrogen) atoms. The van der Waals surface area contributed by atoms with Crippen molar-refractivity contribution in [2.24, 2.45) is 0 Å². The largest absolute Gasteiger partial charge is 0.487 e. The molecule has 2 aliphatic rings. The summed E-state index contributed by atoms with van der Waals surface area (Å²) in [7, 11) is 0. The average Bonchev–Trinajstić information content (AvgIpc) is 3.40. The Morgan fingerprint density at radius 3 is 2.71 bits per heavy atom. The van der Waals surface area contributed by atoms with E-state index in [9.17, 15) is 24.1 Å². The molecular weight excluding hydrogens is 559 g/mol. The Labute approximate surface area is 239 Å². The van der Waals surface area contributed by atoms with Crippen LogP contribution in [0.25, 0.3) is 10.9 Å². The van der Waals surface area contributed by atoms with Crippen LogP contribution in [-0.2, 0) is 14.3 Å². The van der Waals surface area contributed by atoms with Gasteiger partial charge in [-0.2, -0.15) is 0 Å². The number of anilines is 2. The molecule has 14 heteroatoms. The van der Waals surface area contributed by atoms with E-state index in [1.807, 2.05) is 0 Å². The van der Waals surface area contributed by atoms with Crippen molar-refractivity contribution < 1.29 is 28.4 Å². The van der Waals surface area contributed by atoms with Crippen LogP contribution < -0.4 is 10.1 Å². The standard InChI is InChI=1S/C27H28ClFN6O6/c28-19-13-17(3-4-20(19)29)32-26-18-14-22(35(38)39)24(15-21(18)30-16-31-26)40-12-2-1-7-33-8-10-34(11-9-33)27(37)23-5-6-25(36)41-23/h3-4,13-16,23H,1-2,5-12H2,(H,30,31,32). The molecule has 2 saturated heterocycles. The Hall–Kier alpha value is -4.10. The van der Waals surface area contributed by atoms with Crippen LogP contribution in [0.5, 0.6) is 5.75 Å². The maximum atomic E-state index is 13.5. The number of benzene rings is 2. The summed E-state index contributed by atoms with van der Waals surface area (Å²) in [6.45, 7) is 3.70. The fraction of sp³-hybridized carbons (Fsp3) is 0.407. The van der Waals surface area contributed by atoms with E-state index in [4.69, 9.17) is 21.1 Å². The van der Waals surface area contributed by atoms with Gasteiger partial charge in [0.25, 0.3) is 5.91 Å². The molecule has 3 heterocycles. The summed E-state index contributed by atoms with van der Waals surface area (Å²) >= 11 is 5.86. The molecule has 5 rings (SSSR count). The summed E-state index contributed by atoms with van der Waals surface area (Å²) < 4.78 is 24.4. The van der Waals surface area contributed by atoms with E-state index in [-0.39, 0.29) is 34.9 Å². The lowest BCUT2D eigenvalue weighted by molar-refractivity contribution is -0.385. The minimum Gasteiger partial charge on any atom is -0.487 e. The third-order valence-electron chi connectivity index (χ3n) is 7.07. The van der Waals surface area contributed by atoms with E-state index in [0.29, 0.717) is 54.8 Å². The van der Waals surface area contributed by atoms with Crippen LogP contribution >= 0.6 is 11.6 Å². The summed E-state index contributed by atoms with van der Waals surface area (Å²) in [5, 5.41) is 15.2. The molecule has 12 nitrogen and oxygen atoms in total. The molecule has 2 fully saturated rings. The second kappa shape index (κ2) is 12.6. The zero-order chi connectivity index (χ0) is 28.9. The molecule has 3 aromatic rings. The molecule has 2 aliphatic heterocycles. The minimum absolute atomic E-state index is 0.0689. The predicted octanol–water partition coefficient (Wildman–Crippen LogP) is 4.08. The number of amides is 1. The van der Waals surface area contributed by atoms with Crippen molar-refractivity contribution in [1.29, 1.82) is 0 Å². The number of unbranched alkanes of at least 4 members (excludes halogenated alkanes) is 1. The number of nitrogens with zero attached hydrogens (tertiary/aromatic N) is 5. The van der Waals surface area contributed by atoms with Crippen LogP contribution in [0.1, 0.15) is 25.7 Å². The van der Waals surface area contributed by atoms with Crippen molar-refractivity contribution in [3.05, 3.63) is 57.6 Å². The third kappa shape index (κ3) is 6.80. The first kappa shape index (κ1) is 28.4. The number of carbonyl (C=O) groups is 2. The highest BCUT2D eigenvalue weighted by molar-refractivity contribution is 6.31. The molecule has 0 saturated carbocycles. The average molecular weight is 587 g/mol. The number of halogens is 2. The smallest absolute Gasteiger partial charge is 0.311 e. The van der Waals surface area contributed by atoms with Gasteiger partial charge in [-0.1, -0.05) is 11.6 Å². The number of carbonyl (C=O) groups excluding carboxylic acids is 2. The molecule has 1 atom stereocenters. The number of hydrogen-bond donors (Lipinski definition) is 1. The number of nitrogens with one attached hydrogen (secondary N) is 1. The SMILES string of the molecule is O=C1CCC(C(=O)N2CCN(CCCCOc3cc4ncnc(Nc5ccc(F)c(Cl)c5)c4cc3[N+](=O)[O-])CC2)O1. The van der Waals surface area contributed by atoms with Crippen LogP contribution in [0.15, 0.2) is 36.7 Å². The molecule has 1 amide bonds. The number of rotatable bonds is 10. The van der Waals surface area contributed by atoms with Crippen LogP contribution in [0.4, 0.5) is 21.6 Å². The first-order chi connectivity index (χ1) is 19.8. The first-order valence-corrected chi connectivity index (χ1v) is 13.6. The molecule has 216 valence electrons. The van der Waals surface area contributed by atoms with Gasteiger partial charge in [0, 0.05) is 56.8 Å².